The van der Waals surface area contributed by atoms with Crippen molar-refractivity contribution in [1.29, 1.82) is 5.26 Å². The molecule has 5 aromatic rings. The highest BCUT2D eigenvalue weighted by molar-refractivity contribution is 7.93. The molecule has 11 nitrogen and oxygen atoms in total. The minimum Gasteiger partial charge on any atom is -0.497 e. The maximum atomic E-state index is 15.6. The zero-order valence-corrected chi connectivity index (χ0v) is 29.2. The average molecular weight is 709 g/mol. The molecule has 1 amide bonds. The van der Waals surface area contributed by atoms with Gasteiger partial charge in [0.25, 0.3) is 15.9 Å². The lowest BCUT2D eigenvalue weighted by atomic mass is 9.80. The fourth-order valence-corrected chi connectivity index (χ4v) is 8.89. The number of aromatic nitrogens is 2. The van der Waals surface area contributed by atoms with Gasteiger partial charge in [0, 0.05) is 66.5 Å². The van der Waals surface area contributed by atoms with Crippen molar-refractivity contribution < 1.29 is 22.7 Å². The third-order valence-corrected chi connectivity index (χ3v) is 11.4. The molecule has 0 N–H and O–H groups in total. The summed E-state index contributed by atoms with van der Waals surface area (Å²) in [7, 11) is -3.09. The van der Waals surface area contributed by atoms with Crippen LogP contribution in [0, 0.1) is 18.3 Å². The fraction of sp³-hybridized carbons (Fsp3) is 0.243. The molecule has 1 atom stereocenters. The highest BCUT2D eigenvalue weighted by Gasteiger charge is 2.61. The van der Waals surface area contributed by atoms with E-state index in [0.717, 1.165) is 15.7 Å². The van der Waals surface area contributed by atoms with Crippen LogP contribution in [0.3, 0.4) is 0 Å². The molecule has 3 aromatic carbocycles. The van der Waals surface area contributed by atoms with E-state index in [1.807, 2.05) is 30.9 Å². The van der Waals surface area contributed by atoms with Crippen molar-refractivity contribution in [2.75, 3.05) is 49.1 Å². The minimum absolute atomic E-state index is 0.130. The zero-order chi connectivity index (χ0) is 35.2. The molecule has 2 aromatic heterocycles. The van der Waals surface area contributed by atoms with Gasteiger partial charge in [0.2, 0.25) is 0 Å². The Labute approximate surface area is 295 Å². The van der Waals surface area contributed by atoms with Crippen LogP contribution in [-0.4, -0.2) is 69.1 Å². The van der Waals surface area contributed by atoms with Gasteiger partial charge in [-0.2, -0.15) is 5.26 Å². The topological polar surface area (TPSA) is 129 Å². The summed E-state index contributed by atoms with van der Waals surface area (Å²) < 4.78 is 42.6. The second-order valence-corrected chi connectivity index (χ2v) is 14.2. The van der Waals surface area contributed by atoms with Crippen molar-refractivity contribution in [3.05, 3.63) is 113 Å². The van der Waals surface area contributed by atoms with Crippen molar-refractivity contribution in [2.45, 2.75) is 24.3 Å². The van der Waals surface area contributed by atoms with Crippen LogP contribution in [0.25, 0.3) is 10.9 Å². The van der Waals surface area contributed by atoms with Gasteiger partial charge in [-0.3, -0.25) is 19.7 Å². The highest BCUT2D eigenvalue weighted by Crippen LogP contribution is 2.54. The first-order chi connectivity index (χ1) is 24.1. The number of nitriles is 1. The van der Waals surface area contributed by atoms with E-state index in [0.29, 0.717) is 59.2 Å². The number of anilines is 2. The summed E-state index contributed by atoms with van der Waals surface area (Å²) in [5.74, 6) is 0.109. The smallest absolute Gasteiger partial charge is 0.273 e. The number of nitrogens with zero attached hydrogens (tertiary/aromatic N) is 6. The lowest BCUT2D eigenvalue weighted by Gasteiger charge is -2.46. The molecular formula is C37H33ClN6O5S. The van der Waals surface area contributed by atoms with Gasteiger partial charge in [-0.05, 0) is 86.6 Å². The number of carbonyl (C=O) groups is 1. The normalized spacial score (nSPS) is 17.9. The van der Waals surface area contributed by atoms with Gasteiger partial charge >= 0.3 is 0 Å². The molecule has 2 aliphatic heterocycles. The number of fused-ring (bicyclic) bond motifs is 2. The van der Waals surface area contributed by atoms with Crippen LogP contribution in [0.4, 0.5) is 11.4 Å². The van der Waals surface area contributed by atoms with Crippen LogP contribution >= 0.6 is 11.6 Å². The van der Waals surface area contributed by atoms with Gasteiger partial charge < -0.3 is 14.4 Å². The molecule has 0 aliphatic carbocycles. The number of rotatable bonds is 8. The maximum absolute atomic E-state index is 15.6. The Kier molecular flexibility index (Phi) is 8.59. The standard InChI is InChI=1S/C37H33ClN6O5S/c1-4-49-33-11-8-27(48-3)22-30(33)37(43-18-16-42(17-19-43)26-13-15-40-24(2)20-26)29-21-25(23-39)7-10-32(29)44(36(37)45)50(46,47)34-12-9-31(38)28-6-5-14-41-35(28)34/h5-15,20-22H,4,16-19H2,1-3H3. The molecule has 0 spiro atoms. The van der Waals surface area contributed by atoms with Gasteiger partial charge in [0.05, 0.1) is 41.6 Å². The number of aryl methyl sites for hydroxylation is 1. The molecule has 2 aliphatic rings. The summed E-state index contributed by atoms with van der Waals surface area (Å²) in [5, 5.41) is 10.8. The zero-order valence-electron chi connectivity index (χ0n) is 27.6. The molecule has 0 saturated carbocycles. The van der Waals surface area contributed by atoms with Crippen molar-refractivity contribution in [1.82, 2.24) is 14.9 Å². The molecule has 0 radical (unpaired) electrons. The molecule has 4 heterocycles. The third-order valence-electron chi connectivity index (χ3n) is 9.30. The summed E-state index contributed by atoms with van der Waals surface area (Å²) in [5.41, 5.74) is 1.44. The Bertz CT molecular complexity index is 2300. The molecule has 0 bridgehead atoms. The molecule has 13 heteroatoms. The lowest BCUT2D eigenvalue weighted by molar-refractivity contribution is -0.127. The van der Waals surface area contributed by atoms with Crippen LogP contribution in [0.5, 0.6) is 11.5 Å². The second-order valence-electron chi connectivity index (χ2n) is 12.0. The number of amides is 1. The first kappa shape index (κ1) is 33.3. The van der Waals surface area contributed by atoms with Gasteiger partial charge in [-0.25, -0.2) is 12.7 Å². The van der Waals surface area contributed by atoms with Crippen molar-refractivity contribution in [3.63, 3.8) is 0 Å². The third kappa shape index (κ3) is 5.20. The summed E-state index contributed by atoms with van der Waals surface area (Å²) in [6, 6.07) is 22.2. The predicted octanol–water partition coefficient (Wildman–Crippen LogP) is 5.67. The van der Waals surface area contributed by atoms with E-state index in [1.54, 1.807) is 42.6 Å². The first-order valence-corrected chi connectivity index (χ1v) is 17.9. The number of carbonyl (C=O) groups excluding carboxylic acids is 1. The monoisotopic (exact) mass is 708 g/mol. The number of benzene rings is 3. The van der Waals surface area contributed by atoms with E-state index in [2.05, 4.69) is 20.9 Å². The van der Waals surface area contributed by atoms with Gasteiger partial charge in [-0.15, -0.1) is 0 Å². The Hall–Kier alpha value is -5.22. The molecule has 254 valence electrons. The number of ether oxygens (including phenoxy) is 2. The largest absolute Gasteiger partial charge is 0.497 e. The number of pyridine rings is 2. The molecular weight excluding hydrogens is 676 g/mol. The first-order valence-electron chi connectivity index (χ1n) is 16.1. The van der Waals surface area contributed by atoms with Gasteiger partial charge in [-0.1, -0.05) is 11.6 Å². The number of hydrogen-bond donors (Lipinski definition) is 0. The van der Waals surface area contributed by atoms with E-state index < -0.39 is 21.5 Å². The highest BCUT2D eigenvalue weighted by atomic mass is 35.5. The minimum atomic E-state index is -4.62. The van der Waals surface area contributed by atoms with E-state index in [4.69, 9.17) is 21.1 Å². The Morgan fingerprint density at radius 2 is 1.76 bits per heavy atom. The number of piperazine rings is 1. The lowest BCUT2D eigenvalue weighted by Crippen LogP contribution is -2.60. The maximum Gasteiger partial charge on any atom is 0.273 e. The van der Waals surface area contributed by atoms with Crippen LogP contribution in [0.2, 0.25) is 5.02 Å². The molecule has 7 rings (SSSR count). The number of hydrogen-bond acceptors (Lipinski definition) is 10. The van der Waals surface area contributed by atoms with Crippen LogP contribution < -0.4 is 18.7 Å². The van der Waals surface area contributed by atoms with Crippen molar-refractivity contribution in [2.24, 2.45) is 0 Å². The van der Waals surface area contributed by atoms with Crippen LogP contribution in [-0.2, 0) is 20.4 Å². The molecule has 1 unspecified atom stereocenters. The molecule has 1 fully saturated rings. The van der Waals surface area contributed by atoms with E-state index in [9.17, 15) is 13.7 Å². The summed E-state index contributed by atoms with van der Waals surface area (Å²) in [4.78, 5) is 28.3. The van der Waals surface area contributed by atoms with Crippen molar-refractivity contribution >= 4 is 49.8 Å². The van der Waals surface area contributed by atoms with Gasteiger partial charge in [0.15, 0.2) is 5.54 Å². The van der Waals surface area contributed by atoms with Crippen LogP contribution in [0.15, 0.2) is 90.1 Å². The summed E-state index contributed by atoms with van der Waals surface area (Å²) in [6.07, 6.45) is 3.25. The predicted molar refractivity (Wildman–Crippen MR) is 190 cm³/mol. The van der Waals surface area contributed by atoms with E-state index >= 15 is 4.79 Å². The summed E-state index contributed by atoms with van der Waals surface area (Å²) in [6.45, 7) is 5.84. The van der Waals surface area contributed by atoms with E-state index in [1.165, 1.54) is 37.6 Å². The number of halogens is 1. The van der Waals surface area contributed by atoms with Crippen LogP contribution in [0.1, 0.15) is 29.3 Å². The second kappa shape index (κ2) is 12.9. The van der Waals surface area contributed by atoms with Gasteiger partial charge in [0.1, 0.15) is 16.4 Å². The SMILES string of the molecule is CCOc1ccc(OC)cc1C1(N2CCN(c3ccnc(C)c3)CC2)C(=O)N(S(=O)(=O)c2ccc(Cl)c3cccnc23)c2ccc(C#N)cc21. The Morgan fingerprint density at radius 1 is 0.960 bits per heavy atom. The molecule has 50 heavy (non-hydrogen) atoms. The molecule has 1 saturated heterocycles. The Balaban J connectivity index is 1.48. The Morgan fingerprint density at radius 3 is 2.48 bits per heavy atom. The summed E-state index contributed by atoms with van der Waals surface area (Å²) >= 11 is 6.46. The average Bonchev–Trinajstić information content (AvgIpc) is 3.40. The fourth-order valence-electron chi connectivity index (χ4n) is 7.06. The van der Waals surface area contributed by atoms with Crippen molar-refractivity contribution in [3.8, 4) is 17.6 Å². The quantitative estimate of drug-likeness (QED) is 0.199. The number of methoxy groups -OCH3 is 1. The number of sulfonamides is 1. The van der Waals surface area contributed by atoms with E-state index in [-0.39, 0.29) is 28.3 Å².